The van der Waals surface area contributed by atoms with Gasteiger partial charge in [-0.05, 0) is 19.4 Å². The van der Waals surface area contributed by atoms with Crippen molar-refractivity contribution in [2.75, 3.05) is 20.3 Å². The molecule has 3 aromatic heterocycles. The predicted molar refractivity (Wildman–Crippen MR) is 88.8 cm³/mol. The van der Waals surface area contributed by atoms with Gasteiger partial charge in [-0.3, -0.25) is 9.48 Å². The highest BCUT2D eigenvalue weighted by Crippen LogP contribution is 2.22. The van der Waals surface area contributed by atoms with Crippen molar-refractivity contribution < 1.29 is 9.53 Å². The van der Waals surface area contributed by atoms with Crippen molar-refractivity contribution in [2.45, 2.75) is 13.3 Å². The van der Waals surface area contributed by atoms with E-state index in [0.717, 1.165) is 23.4 Å². The number of nitrogens with zero attached hydrogens (tertiary/aromatic N) is 5. The Hall–Kier alpha value is -2.74. The molecular weight excluding hydrogens is 308 g/mol. The average molecular weight is 328 g/mol. The van der Waals surface area contributed by atoms with E-state index in [0.29, 0.717) is 24.5 Å². The zero-order valence-corrected chi connectivity index (χ0v) is 14.0. The molecule has 0 spiro atoms. The lowest BCUT2D eigenvalue weighted by atomic mass is 10.2. The Kier molecular flexibility index (Phi) is 4.57. The van der Waals surface area contributed by atoms with Gasteiger partial charge in [-0.15, -0.1) is 0 Å². The quantitative estimate of drug-likeness (QED) is 0.687. The molecule has 0 aromatic carbocycles. The molecule has 0 saturated heterocycles. The number of carbonyl (C=O) groups is 1. The van der Waals surface area contributed by atoms with Crippen LogP contribution in [0.2, 0.25) is 0 Å². The topological polar surface area (TPSA) is 86.3 Å². The summed E-state index contributed by atoms with van der Waals surface area (Å²) in [5.74, 6) is -0.217. The van der Waals surface area contributed by atoms with E-state index in [1.807, 2.05) is 20.0 Å². The molecule has 0 aliphatic rings. The van der Waals surface area contributed by atoms with Crippen LogP contribution < -0.4 is 5.32 Å². The second-order valence-corrected chi connectivity index (χ2v) is 5.50. The molecule has 0 aliphatic heterocycles. The summed E-state index contributed by atoms with van der Waals surface area (Å²) in [7, 11) is 3.52. The summed E-state index contributed by atoms with van der Waals surface area (Å²) in [5, 5.41) is 11.5. The maximum atomic E-state index is 12.2. The highest BCUT2D eigenvalue weighted by molar-refractivity contribution is 5.93. The van der Waals surface area contributed by atoms with Crippen molar-refractivity contribution in [1.82, 2.24) is 29.7 Å². The summed E-state index contributed by atoms with van der Waals surface area (Å²) in [5.41, 5.74) is 3.79. The van der Waals surface area contributed by atoms with Crippen LogP contribution in [0.15, 0.2) is 24.5 Å². The van der Waals surface area contributed by atoms with Crippen molar-refractivity contribution in [2.24, 2.45) is 7.05 Å². The largest absolute Gasteiger partial charge is 0.385 e. The summed E-state index contributed by atoms with van der Waals surface area (Å²) >= 11 is 0. The second kappa shape index (κ2) is 6.79. The first-order valence-corrected chi connectivity index (χ1v) is 7.72. The summed E-state index contributed by atoms with van der Waals surface area (Å²) in [4.78, 5) is 16.5. The van der Waals surface area contributed by atoms with Crippen LogP contribution in [0.4, 0.5) is 0 Å². The lowest BCUT2D eigenvalue weighted by molar-refractivity contribution is 0.0943. The Balaban J connectivity index is 1.90. The third kappa shape index (κ3) is 3.00. The number of hydrogen-bond acceptors (Lipinski definition) is 5. The minimum absolute atomic E-state index is 0.217. The number of amides is 1. The van der Waals surface area contributed by atoms with Crippen LogP contribution >= 0.6 is 0 Å². The highest BCUT2D eigenvalue weighted by Gasteiger charge is 2.15. The Morgan fingerprint density at radius 3 is 2.96 bits per heavy atom. The van der Waals surface area contributed by atoms with E-state index in [-0.39, 0.29) is 5.91 Å². The molecule has 0 saturated carbocycles. The van der Waals surface area contributed by atoms with Gasteiger partial charge < -0.3 is 10.1 Å². The summed E-state index contributed by atoms with van der Waals surface area (Å²) < 4.78 is 8.44. The molecule has 0 unspecified atom stereocenters. The van der Waals surface area contributed by atoms with Gasteiger partial charge in [0, 0.05) is 50.8 Å². The van der Waals surface area contributed by atoms with E-state index in [9.17, 15) is 4.79 Å². The molecule has 0 aliphatic carbocycles. The lowest BCUT2D eigenvalue weighted by Gasteiger charge is -2.04. The third-order valence-electron chi connectivity index (χ3n) is 3.91. The number of methoxy groups -OCH3 is 1. The van der Waals surface area contributed by atoms with E-state index in [1.165, 1.54) is 0 Å². The molecule has 1 N–H and O–H groups in total. The molecule has 8 nitrogen and oxygen atoms in total. The van der Waals surface area contributed by atoms with Crippen molar-refractivity contribution in [1.29, 1.82) is 0 Å². The van der Waals surface area contributed by atoms with Crippen molar-refractivity contribution >= 4 is 11.6 Å². The second-order valence-electron chi connectivity index (χ2n) is 5.50. The van der Waals surface area contributed by atoms with Gasteiger partial charge in [0.25, 0.3) is 5.91 Å². The van der Waals surface area contributed by atoms with Gasteiger partial charge in [0.15, 0.2) is 11.3 Å². The Bertz CT molecular complexity index is 867. The number of nitrogens with one attached hydrogen (secondary N) is 1. The number of aryl methyl sites for hydroxylation is 1. The molecule has 0 bridgehead atoms. The minimum Gasteiger partial charge on any atom is -0.385 e. The van der Waals surface area contributed by atoms with Gasteiger partial charge in [0.1, 0.15) is 0 Å². The SMILES string of the molecule is COCCCNC(=O)c1cc2nccc(-c3cnn(C)c3C)n2n1. The van der Waals surface area contributed by atoms with E-state index in [1.54, 1.807) is 34.8 Å². The third-order valence-corrected chi connectivity index (χ3v) is 3.91. The van der Waals surface area contributed by atoms with Gasteiger partial charge >= 0.3 is 0 Å². The fraction of sp³-hybridized carbons (Fsp3) is 0.375. The summed E-state index contributed by atoms with van der Waals surface area (Å²) in [6.45, 7) is 3.14. The number of hydrogen-bond donors (Lipinski definition) is 1. The molecule has 24 heavy (non-hydrogen) atoms. The van der Waals surface area contributed by atoms with Crippen LogP contribution in [0.25, 0.3) is 16.9 Å². The van der Waals surface area contributed by atoms with Gasteiger partial charge in [0.2, 0.25) is 0 Å². The maximum absolute atomic E-state index is 12.2. The molecular formula is C16H20N6O2. The lowest BCUT2D eigenvalue weighted by Crippen LogP contribution is -2.25. The summed E-state index contributed by atoms with van der Waals surface area (Å²) in [6, 6.07) is 3.55. The van der Waals surface area contributed by atoms with Crippen molar-refractivity contribution in [3.05, 3.63) is 35.9 Å². The number of fused-ring (bicyclic) bond motifs is 1. The van der Waals surface area contributed by atoms with Crippen LogP contribution in [0.3, 0.4) is 0 Å². The highest BCUT2D eigenvalue weighted by atomic mass is 16.5. The first-order valence-electron chi connectivity index (χ1n) is 7.72. The normalized spacial score (nSPS) is 11.1. The fourth-order valence-corrected chi connectivity index (χ4v) is 2.47. The molecule has 0 fully saturated rings. The molecule has 3 aromatic rings. The number of aromatic nitrogens is 5. The van der Waals surface area contributed by atoms with Crippen LogP contribution in [0.1, 0.15) is 22.6 Å². The standard InChI is InChI=1S/C16H20N6O2/c1-11-12(10-19-21(11)2)14-5-7-17-15-9-13(20-22(14)15)16(23)18-6-4-8-24-3/h5,7,9-10H,4,6,8H2,1-3H3,(H,18,23). The smallest absolute Gasteiger partial charge is 0.271 e. The molecule has 8 heteroatoms. The van der Waals surface area contributed by atoms with Crippen LogP contribution in [-0.2, 0) is 11.8 Å². The zero-order chi connectivity index (χ0) is 17.1. The van der Waals surface area contributed by atoms with Crippen LogP contribution in [0, 0.1) is 6.92 Å². The number of rotatable bonds is 6. The average Bonchev–Trinajstić information content (AvgIpc) is 3.16. The zero-order valence-electron chi connectivity index (χ0n) is 14.0. The van der Waals surface area contributed by atoms with Gasteiger partial charge in [0.05, 0.1) is 11.9 Å². The Labute approximate surface area is 139 Å². The Morgan fingerprint density at radius 1 is 1.42 bits per heavy atom. The molecule has 0 radical (unpaired) electrons. The first kappa shape index (κ1) is 16.1. The van der Waals surface area contributed by atoms with Crippen molar-refractivity contribution in [3.8, 4) is 11.3 Å². The van der Waals surface area contributed by atoms with E-state index in [4.69, 9.17) is 4.74 Å². The van der Waals surface area contributed by atoms with E-state index in [2.05, 4.69) is 20.5 Å². The molecule has 3 heterocycles. The molecule has 0 atom stereocenters. The molecule has 3 rings (SSSR count). The van der Waals surface area contributed by atoms with Crippen LogP contribution in [0.5, 0.6) is 0 Å². The van der Waals surface area contributed by atoms with Gasteiger partial charge in [-0.2, -0.15) is 10.2 Å². The van der Waals surface area contributed by atoms with E-state index < -0.39 is 0 Å². The maximum Gasteiger partial charge on any atom is 0.271 e. The van der Waals surface area contributed by atoms with Gasteiger partial charge in [-0.25, -0.2) is 9.50 Å². The van der Waals surface area contributed by atoms with Crippen molar-refractivity contribution in [3.63, 3.8) is 0 Å². The number of ether oxygens (including phenoxy) is 1. The monoisotopic (exact) mass is 328 g/mol. The first-order chi connectivity index (χ1) is 11.6. The molecule has 126 valence electrons. The minimum atomic E-state index is -0.217. The van der Waals surface area contributed by atoms with E-state index >= 15 is 0 Å². The number of carbonyl (C=O) groups excluding carboxylic acids is 1. The summed E-state index contributed by atoms with van der Waals surface area (Å²) in [6.07, 6.45) is 4.25. The van der Waals surface area contributed by atoms with Gasteiger partial charge in [-0.1, -0.05) is 0 Å². The Morgan fingerprint density at radius 2 is 2.25 bits per heavy atom. The molecule has 1 amide bonds. The fourth-order valence-electron chi connectivity index (χ4n) is 2.47. The predicted octanol–water partition coefficient (Wildman–Crippen LogP) is 1.20. The van der Waals surface area contributed by atoms with Crippen LogP contribution in [-0.4, -0.2) is 50.5 Å².